The molecule has 0 aromatic heterocycles. The zero-order valence-corrected chi connectivity index (χ0v) is 10.2. The molecule has 0 saturated carbocycles. The van der Waals surface area contributed by atoms with Crippen LogP contribution in [0.1, 0.15) is 32.1 Å². The maximum Gasteiger partial charge on any atom is 0.0224 e. The van der Waals surface area contributed by atoms with E-state index >= 15 is 0 Å². The molecule has 1 aliphatic carbocycles. The Bertz CT molecular complexity index is 253. The van der Waals surface area contributed by atoms with Gasteiger partial charge in [-0.2, -0.15) is 0 Å². The fourth-order valence-electron chi connectivity index (χ4n) is 3.56. The van der Waals surface area contributed by atoms with Gasteiger partial charge in [0.05, 0.1) is 0 Å². The summed E-state index contributed by atoms with van der Waals surface area (Å²) in [5, 5.41) is 3.85. The zero-order chi connectivity index (χ0) is 10.8. The number of piperidine rings is 3. The summed E-state index contributed by atoms with van der Waals surface area (Å²) in [6, 6.07) is 0.799. The number of hydrogen-bond acceptors (Lipinski definition) is 2. The van der Waals surface area contributed by atoms with Crippen molar-refractivity contribution >= 4 is 0 Å². The lowest BCUT2D eigenvalue weighted by Crippen LogP contribution is -2.56. The number of rotatable bonds is 3. The second kappa shape index (κ2) is 4.89. The van der Waals surface area contributed by atoms with E-state index in [1.54, 1.807) is 0 Å². The first-order valence-corrected chi connectivity index (χ1v) is 7.02. The van der Waals surface area contributed by atoms with Crippen LogP contribution >= 0.6 is 0 Å². The summed E-state index contributed by atoms with van der Waals surface area (Å²) in [4.78, 5) is 2.64. The Kier molecular flexibility index (Phi) is 3.30. The minimum absolute atomic E-state index is 0.799. The Hall–Kier alpha value is -0.340. The molecule has 0 spiro atoms. The van der Waals surface area contributed by atoms with Crippen LogP contribution in [0.25, 0.3) is 0 Å². The number of nitrogens with one attached hydrogen (secondary N) is 1. The lowest BCUT2D eigenvalue weighted by Gasteiger charge is -2.45. The molecule has 2 nitrogen and oxygen atoms in total. The SMILES string of the molecule is C1=CCC(CNC2CN3CCC2CC3)CC1. The molecule has 2 bridgehead atoms. The van der Waals surface area contributed by atoms with Crippen molar-refractivity contribution in [1.82, 2.24) is 10.2 Å². The summed E-state index contributed by atoms with van der Waals surface area (Å²) < 4.78 is 0. The average Bonchev–Trinajstić information content (AvgIpc) is 2.39. The van der Waals surface area contributed by atoms with Gasteiger partial charge in [0, 0.05) is 12.6 Å². The molecule has 0 aromatic carbocycles. The minimum atomic E-state index is 0.799. The molecule has 2 atom stereocenters. The van der Waals surface area contributed by atoms with Gasteiger partial charge in [-0.25, -0.2) is 0 Å². The van der Waals surface area contributed by atoms with E-state index in [0.29, 0.717) is 0 Å². The largest absolute Gasteiger partial charge is 0.312 e. The number of allylic oxidation sites excluding steroid dienone is 2. The Morgan fingerprint density at radius 3 is 2.62 bits per heavy atom. The predicted octanol–water partition coefficient (Wildman–Crippen LogP) is 2.03. The molecule has 1 N–H and O–H groups in total. The highest BCUT2D eigenvalue weighted by Crippen LogP contribution is 2.28. The van der Waals surface area contributed by atoms with Crippen LogP contribution in [0.3, 0.4) is 0 Å². The molecule has 3 heterocycles. The summed E-state index contributed by atoms with van der Waals surface area (Å²) in [7, 11) is 0. The highest BCUT2D eigenvalue weighted by Gasteiger charge is 2.33. The molecule has 0 radical (unpaired) electrons. The molecule has 4 rings (SSSR count). The normalized spacial score (nSPS) is 42.5. The number of fused-ring (bicyclic) bond motifs is 3. The minimum Gasteiger partial charge on any atom is -0.312 e. The van der Waals surface area contributed by atoms with E-state index in [-0.39, 0.29) is 0 Å². The summed E-state index contributed by atoms with van der Waals surface area (Å²) in [6.07, 6.45) is 11.6. The van der Waals surface area contributed by atoms with E-state index in [0.717, 1.165) is 17.9 Å². The maximum atomic E-state index is 3.85. The summed E-state index contributed by atoms with van der Waals surface area (Å²) in [6.45, 7) is 5.27. The van der Waals surface area contributed by atoms with Gasteiger partial charge < -0.3 is 10.2 Å². The molecule has 90 valence electrons. The van der Waals surface area contributed by atoms with E-state index in [1.807, 2.05) is 0 Å². The zero-order valence-electron chi connectivity index (χ0n) is 10.2. The van der Waals surface area contributed by atoms with Crippen LogP contribution < -0.4 is 5.32 Å². The van der Waals surface area contributed by atoms with E-state index in [2.05, 4.69) is 22.4 Å². The molecule has 4 aliphatic rings. The van der Waals surface area contributed by atoms with Crippen LogP contribution in [-0.2, 0) is 0 Å². The predicted molar refractivity (Wildman–Crippen MR) is 67.4 cm³/mol. The van der Waals surface area contributed by atoms with Crippen molar-refractivity contribution in [2.45, 2.75) is 38.1 Å². The van der Waals surface area contributed by atoms with Gasteiger partial charge in [-0.1, -0.05) is 12.2 Å². The van der Waals surface area contributed by atoms with Crippen molar-refractivity contribution in [2.75, 3.05) is 26.2 Å². The average molecular weight is 220 g/mol. The standard InChI is InChI=1S/C14H24N2/c1-2-4-12(5-3-1)10-15-14-11-16-8-6-13(14)7-9-16/h1-2,12-15H,3-11H2. The van der Waals surface area contributed by atoms with Crippen molar-refractivity contribution in [3.63, 3.8) is 0 Å². The highest BCUT2D eigenvalue weighted by molar-refractivity contribution is 4.94. The molecule has 0 amide bonds. The van der Waals surface area contributed by atoms with Gasteiger partial charge >= 0.3 is 0 Å². The van der Waals surface area contributed by atoms with E-state index in [1.165, 1.54) is 58.3 Å². The quantitative estimate of drug-likeness (QED) is 0.732. The number of nitrogens with zero attached hydrogens (tertiary/aromatic N) is 1. The van der Waals surface area contributed by atoms with E-state index in [9.17, 15) is 0 Å². The summed E-state index contributed by atoms with van der Waals surface area (Å²) in [5.74, 6) is 1.88. The van der Waals surface area contributed by atoms with E-state index < -0.39 is 0 Å². The van der Waals surface area contributed by atoms with Crippen molar-refractivity contribution in [2.24, 2.45) is 11.8 Å². The van der Waals surface area contributed by atoms with Crippen LogP contribution in [0.2, 0.25) is 0 Å². The molecule has 3 aliphatic heterocycles. The third kappa shape index (κ3) is 2.33. The fraction of sp³-hybridized carbons (Fsp3) is 0.857. The summed E-state index contributed by atoms with van der Waals surface area (Å²) in [5.41, 5.74) is 0. The van der Waals surface area contributed by atoms with Crippen molar-refractivity contribution in [1.29, 1.82) is 0 Å². The molecule has 3 fully saturated rings. The van der Waals surface area contributed by atoms with Crippen molar-refractivity contribution in [3.8, 4) is 0 Å². The first-order chi connectivity index (χ1) is 7.92. The van der Waals surface area contributed by atoms with Gasteiger partial charge in [-0.3, -0.25) is 0 Å². The number of hydrogen-bond donors (Lipinski definition) is 1. The topological polar surface area (TPSA) is 15.3 Å². The van der Waals surface area contributed by atoms with Crippen molar-refractivity contribution < 1.29 is 0 Å². The van der Waals surface area contributed by atoms with Crippen molar-refractivity contribution in [3.05, 3.63) is 12.2 Å². The third-order valence-electron chi connectivity index (χ3n) is 4.70. The first kappa shape index (κ1) is 10.8. The van der Waals surface area contributed by atoms with Gasteiger partial charge in [0.15, 0.2) is 0 Å². The van der Waals surface area contributed by atoms with Gasteiger partial charge in [0.2, 0.25) is 0 Å². The van der Waals surface area contributed by atoms with Crippen LogP contribution in [0.4, 0.5) is 0 Å². The Morgan fingerprint density at radius 1 is 1.12 bits per heavy atom. The maximum absolute atomic E-state index is 3.85. The lowest BCUT2D eigenvalue weighted by atomic mass is 9.83. The fourth-order valence-corrected chi connectivity index (χ4v) is 3.56. The monoisotopic (exact) mass is 220 g/mol. The molecule has 2 heteroatoms. The Balaban J connectivity index is 1.46. The van der Waals surface area contributed by atoms with Crippen LogP contribution in [0.15, 0.2) is 12.2 Å². The van der Waals surface area contributed by atoms with Gasteiger partial charge in [0.25, 0.3) is 0 Å². The van der Waals surface area contributed by atoms with Gasteiger partial charge in [-0.15, -0.1) is 0 Å². The molecule has 16 heavy (non-hydrogen) atoms. The second-order valence-electron chi connectivity index (χ2n) is 5.80. The second-order valence-corrected chi connectivity index (χ2v) is 5.80. The van der Waals surface area contributed by atoms with Gasteiger partial charge in [-0.05, 0) is 63.6 Å². The molecule has 2 unspecified atom stereocenters. The molecule has 3 saturated heterocycles. The molecular formula is C14H24N2. The highest BCUT2D eigenvalue weighted by atomic mass is 15.2. The van der Waals surface area contributed by atoms with E-state index in [4.69, 9.17) is 0 Å². The van der Waals surface area contributed by atoms with Crippen LogP contribution in [0.5, 0.6) is 0 Å². The van der Waals surface area contributed by atoms with Crippen LogP contribution in [-0.4, -0.2) is 37.1 Å². The molecular weight excluding hydrogens is 196 g/mol. The Morgan fingerprint density at radius 2 is 2.00 bits per heavy atom. The Labute approximate surface area is 99.1 Å². The summed E-state index contributed by atoms with van der Waals surface area (Å²) >= 11 is 0. The molecule has 0 aromatic rings. The first-order valence-electron chi connectivity index (χ1n) is 7.02. The smallest absolute Gasteiger partial charge is 0.0224 e. The lowest BCUT2D eigenvalue weighted by molar-refractivity contribution is 0.0705. The van der Waals surface area contributed by atoms with Crippen LogP contribution in [0, 0.1) is 11.8 Å². The van der Waals surface area contributed by atoms with Gasteiger partial charge in [0.1, 0.15) is 0 Å². The third-order valence-corrected chi connectivity index (χ3v) is 4.70.